The number of hydrogen-bond acceptors (Lipinski definition) is 10. The second-order valence-electron chi connectivity index (χ2n) is 6.41. The molecule has 12 heteroatoms. The Balaban J connectivity index is 1.75. The third-order valence-corrected chi connectivity index (χ3v) is 3.91. The van der Waals surface area contributed by atoms with Crippen molar-refractivity contribution >= 4 is 17.7 Å². The molecule has 0 bridgehead atoms. The van der Waals surface area contributed by atoms with Gasteiger partial charge in [0.25, 0.3) is 11.8 Å². The molecule has 0 saturated carbocycles. The summed E-state index contributed by atoms with van der Waals surface area (Å²) in [6, 6.07) is 0. The largest absolute Gasteiger partial charge is 0.378 e. The van der Waals surface area contributed by atoms with E-state index in [9.17, 15) is 14.4 Å². The van der Waals surface area contributed by atoms with Gasteiger partial charge >= 0.3 is 0 Å². The van der Waals surface area contributed by atoms with Gasteiger partial charge in [0, 0.05) is 31.8 Å². The molecule has 0 aromatic rings. The number of carbonyl (C=O) groups is 3. The fourth-order valence-electron chi connectivity index (χ4n) is 2.36. The molecule has 3 N–H and O–H groups in total. The minimum absolute atomic E-state index is 0.123. The predicted octanol–water partition coefficient (Wildman–Crippen LogP) is -1.91. The van der Waals surface area contributed by atoms with Crippen LogP contribution < -0.4 is 11.1 Å². The summed E-state index contributed by atoms with van der Waals surface area (Å²) in [5.74, 6) is -1.08. The molecule has 32 heavy (non-hydrogen) atoms. The Bertz CT molecular complexity index is 542. The standard InChI is InChI=1S/C20H35N3O9/c21-3-6-27-7-8-28-9-10-29-11-12-30-13-14-31-15-16-32-17-18(24)22-4-5-23-19(25)1-2-20(23)26/h1-2H,3-17,21H2,(H,22,24). The average Bonchev–Trinajstić information content (AvgIpc) is 3.10. The number of nitrogens with zero attached hydrogens (tertiary/aromatic N) is 1. The number of nitrogens with one attached hydrogen (secondary N) is 1. The number of carbonyl (C=O) groups excluding carboxylic acids is 3. The predicted molar refractivity (Wildman–Crippen MR) is 113 cm³/mol. The van der Waals surface area contributed by atoms with Crippen LogP contribution in [0.15, 0.2) is 12.2 Å². The first-order chi connectivity index (χ1) is 15.6. The highest BCUT2D eigenvalue weighted by Gasteiger charge is 2.22. The van der Waals surface area contributed by atoms with Gasteiger partial charge in [-0.2, -0.15) is 0 Å². The lowest BCUT2D eigenvalue weighted by molar-refractivity contribution is -0.137. The molecule has 0 radical (unpaired) electrons. The maximum absolute atomic E-state index is 11.6. The highest BCUT2D eigenvalue weighted by molar-refractivity contribution is 6.12. The van der Waals surface area contributed by atoms with Crippen molar-refractivity contribution in [2.45, 2.75) is 0 Å². The van der Waals surface area contributed by atoms with E-state index in [0.717, 1.165) is 4.90 Å². The molecule has 1 aliphatic heterocycles. The minimum atomic E-state index is -0.375. The highest BCUT2D eigenvalue weighted by Crippen LogP contribution is 2.01. The van der Waals surface area contributed by atoms with Crippen molar-refractivity contribution in [1.29, 1.82) is 0 Å². The maximum atomic E-state index is 11.6. The van der Waals surface area contributed by atoms with Crippen LogP contribution in [0.1, 0.15) is 0 Å². The third-order valence-electron chi connectivity index (χ3n) is 3.91. The monoisotopic (exact) mass is 461 g/mol. The summed E-state index contributed by atoms with van der Waals surface area (Å²) < 4.78 is 31.8. The van der Waals surface area contributed by atoms with Crippen LogP contribution in [-0.2, 0) is 42.8 Å². The number of rotatable bonds is 22. The Morgan fingerprint density at radius 2 is 1.12 bits per heavy atom. The van der Waals surface area contributed by atoms with Crippen LogP contribution in [-0.4, -0.2) is 122 Å². The molecule has 0 spiro atoms. The van der Waals surface area contributed by atoms with Crippen LogP contribution >= 0.6 is 0 Å². The molecule has 1 heterocycles. The molecule has 1 aliphatic rings. The molecular formula is C20H35N3O9. The molecule has 3 amide bonds. The zero-order valence-corrected chi connectivity index (χ0v) is 18.5. The zero-order valence-electron chi connectivity index (χ0n) is 18.5. The first-order valence-corrected chi connectivity index (χ1v) is 10.6. The lowest BCUT2D eigenvalue weighted by Crippen LogP contribution is -2.39. The number of ether oxygens (including phenoxy) is 6. The lowest BCUT2D eigenvalue weighted by Gasteiger charge is -2.14. The number of imide groups is 1. The summed E-state index contributed by atoms with van der Waals surface area (Å²) in [6.45, 7) is 5.66. The van der Waals surface area contributed by atoms with Gasteiger partial charge in [-0.05, 0) is 0 Å². The van der Waals surface area contributed by atoms with Crippen molar-refractivity contribution in [2.24, 2.45) is 5.73 Å². The van der Waals surface area contributed by atoms with E-state index in [1.165, 1.54) is 12.2 Å². The Morgan fingerprint density at radius 3 is 1.56 bits per heavy atom. The van der Waals surface area contributed by atoms with Gasteiger partial charge in [0.2, 0.25) is 5.91 Å². The van der Waals surface area contributed by atoms with Gasteiger partial charge in [0.15, 0.2) is 0 Å². The second-order valence-corrected chi connectivity index (χ2v) is 6.41. The molecule has 1 rings (SSSR count). The van der Waals surface area contributed by atoms with Crippen LogP contribution in [0.3, 0.4) is 0 Å². The molecule has 0 unspecified atom stereocenters. The molecule has 12 nitrogen and oxygen atoms in total. The van der Waals surface area contributed by atoms with E-state index in [1.54, 1.807) is 0 Å². The van der Waals surface area contributed by atoms with E-state index in [4.69, 9.17) is 34.2 Å². The summed E-state index contributed by atoms with van der Waals surface area (Å²) in [5.41, 5.74) is 5.30. The fourth-order valence-corrected chi connectivity index (χ4v) is 2.36. The lowest BCUT2D eigenvalue weighted by atomic mass is 10.5. The zero-order chi connectivity index (χ0) is 23.3. The Hall–Kier alpha value is -1.93. The Kier molecular flexibility index (Phi) is 17.3. The van der Waals surface area contributed by atoms with Crippen LogP contribution in [0, 0.1) is 0 Å². The van der Waals surface area contributed by atoms with Crippen LogP contribution in [0.4, 0.5) is 0 Å². The van der Waals surface area contributed by atoms with Gasteiger partial charge in [0.1, 0.15) is 6.61 Å². The SMILES string of the molecule is NCCOCCOCCOCCOCCOCCOCC(=O)NCCN1C(=O)C=CC1=O. The summed E-state index contributed by atoms with van der Waals surface area (Å²) in [5, 5.41) is 2.58. The normalized spacial score (nSPS) is 13.3. The first kappa shape index (κ1) is 28.1. The molecule has 0 atom stereocenters. The van der Waals surface area contributed by atoms with Gasteiger partial charge in [-0.1, -0.05) is 0 Å². The topological polar surface area (TPSA) is 148 Å². The molecular weight excluding hydrogens is 426 g/mol. The van der Waals surface area contributed by atoms with Gasteiger partial charge in [-0.25, -0.2) is 0 Å². The molecule has 0 aromatic carbocycles. The number of hydrogen-bond donors (Lipinski definition) is 2. The second kappa shape index (κ2) is 19.7. The first-order valence-electron chi connectivity index (χ1n) is 10.6. The molecule has 0 saturated heterocycles. The summed E-state index contributed by atoms with van der Waals surface area (Å²) in [4.78, 5) is 35.4. The van der Waals surface area contributed by atoms with E-state index < -0.39 is 0 Å². The van der Waals surface area contributed by atoms with Crippen LogP contribution in [0.5, 0.6) is 0 Å². The highest BCUT2D eigenvalue weighted by atomic mass is 16.6. The van der Waals surface area contributed by atoms with Crippen molar-refractivity contribution in [1.82, 2.24) is 10.2 Å². The molecule has 184 valence electrons. The fraction of sp³-hybridized carbons (Fsp3) is 0.750. The number of amides is 3. The Morgan fingerprint density at radius 1 is 0.719 bits per heavy atom. The molecule has 0 aliphatic carbocycles. The maximum Gasteiger partial charge on any atom is 0.253 e. The van der Waals surface area contributed by atoms with Crippen molar-refractivity contribution in [3.8, 4) is 0 Å². The van der Waals surface area contributed by atoms with Crippen molar-refractivity contribution < 1.29 is 42.8 Å². The van der Waals surface area contributed by atoms with Crippen LogP contribution in [0.25, 0.3) is 0 Å². The minimum Gasteiger partial charge on any atom is -0.378 e. The molecule has 0 fully saturated rings. The van der Waals surface area contributed by atoms with Crippen molar-refractivity contribution in [3.05, 3.63) is 12.2 Å². The van der Waals surface area contributed by atoms with Crippen molar-refractivity contribution in [3.63, 3.8) is 0 Å². The molecule has 0 aromatic heterocycles. The van der Waals surface area contributed by atoms with E-state index >= 15 is 0 Å². The van der Waals surface area contributed by atoms with E-state index in [1.807, 2.05) is 0 Å². The van der Waals surface area contributed by atoms with Gasteiger partial charge in [-0.15, -0.1) is 0 Å². The van der Waals surface area contributed by atoms with E-state index in [0.29, 0.717) is 72.6 Å². The van der Waals surface area contributed by atoms with Gasteiger partial charge in [-0.3, -0.25) is 19.3 Å². The van der Waals surface area contributed by atoms with Crippen molar-refractivity contribution in [2.75, 3.05) is 98.9 Å². The summed E-state index contributed by atoms with van der Waals surface area (Å²) >= 11 is 0. The number of nitrogens with two attached hydrogens (primary N) is 1. The van der Waals surface area contributed by atoms with Crippen LogP contribution in [0.2, 0.25) is 0 Å². The average molecular weight is 462 g/mol. The summed E-state index contributed by atoms with van der Waals surface area (Å²) in [6.07, 6.45) is 2.40. The van der Waals surface area contributed by atoms with E-state index in [2.05, 4.69) is 5.32 Å². The van der Waals surface area contributed by atoms with E-state index in [-0.39, 0.29) is 44.0 Å². The Labute approximate surface area is 188 Å². The summed E-state index contributed by atoms with van der Waals surface area (Å²) in [7, 11) is 0. The smallest absolute Gasteiger partial charge is 0.253 e. The van der Waals surface area contributed by atoms with Gasteiger partial charge < -0.3 is 39.5 Å². The van der Waals surface area contributed by atoms with Gasteiger partial charge in [0.05, 0.1) is 72.7 Å². The third kappa shape index (κ3) is 15.0. The quantitative estimate of drug-likeness (QED) is 0.138.